The Bertz CT molecular complexity index is 954. The molecule has 4 rings (SSSR count). The third-order valence-electron chi connectivity index (χ3n) is 5.75. The normalized spacial score (nSPS) is 14.6. The molecule has 0 heterocycles. The largest absolute Gasteiger partial charge is 0.350 e. The number of aryl methyl sites for hydroxylation is 3. The van der Waals surface area contributed by atoms with Gasteiger partial charge in [0.2, 0.25) is 5.91 Å². The molecule has 0 aliphatic heterocycles. The molecule has 1 N–H and O–H groups in total. The van der Waals surface area contributed by atoms with Crippen LogP contribution >= 0.6 is 0 Å². The van der Waals surface area contributed by atoms with Gasteiger partial charge in [0, 0.05) is 6.42 Å². The topological polar surface area (TPSA) is 29.1 Å². The lowest BCUT2D eigenvalue weighted by Crippen LogP contribution is -2.27. The molecule has 2 nitrogen and oxygen atoms in total. The van der Waals surface area contributed by atoms with Crippen LogP contribution in [0.5, 0.6) is 0 Å². The second kappa shape index (κ2) is 7.96. The molecule has 0 spiro atoms. The van der Waals surface area contributed by atoms with Gasteiger partial charge in [-0.05, 0) is 72.1 Å². The average Bonchev–Trinajstić information content (AvgIpc) is 2.71. The zero-order chi connectivity index (χ0) is 18.6. The molecule has 1 aliphatic carbocycles. The molecular formula is C25H27NO. The predicted molar refractivity (Wildman–Crippen MR) is 112 cm³/mol. The Morgan fingerprint density at radius 3 is 2.63 bits per heavy atom. The first-order chi connectivity index (χ1) is 13.2. The van der Waals surface area contributed by atoms with Gasteiger partial charge in [-0.2, -0.15) is 0 Å². The zero-order valence-electron chi connectivity index (χ0n) is 16.0. The summed E-state index contributed by atoms with van der Waals surface area (Å²) < 4.78 is 0. The first kappa shape index (κ1) is 17.8. The van der Waals surface area contributed by atoms with Crippen molar-refractivity contribution in [2.75, 3.05) is 0 Å². The molecule has 0 saturated carbocycles. The lowest BCUT2D eigenvalue weighted by atomic mass is 9.89. The Morgan fingerprint density at radius 2 is 1.74 bits per heavy atom. The van der Waals surface area contributed by atoms with Crippen molar-refractivity contribution in [3.63, 3.8) is 0 Å². The highest BCUT2D eigenvalue weighted by Gasteiger charge is 2.14. The molecule has 27 heavy (non-hydrogen) atoms. The maximum absolute atomic E-state index is 12.5. The molecule has 1 aliphatic rings. The van der Waals surface area contributed by atoms with Gasteiger partial charge in [0.25, 0.3) is 0 Å². The summed E-state index contributed by atoms with van der Waals surface area (Å²) in [5.74, 6) is 0.119. The van der Waals surface area contributed by atoms with E-state index in [1.807, 2.05) is 0 Å². The number of hydrogen-bond acceptors (Lipinski definition) is 1. The van der Waals surface area contributed by atoms with Gasteiger partial charge in [-0.1, -0.05) is 60.7 Å². The van der Waals surface area contributed by atoms with Crippen LogP contribution in [0.15, 0.2) is 60.7 Å². The third kappa shape index (κ3) is 4.05. The van der Waals surface area contributed by atoms with Gasteiger partial charge in [0.1, 0.15) is 0 Å². The standard InChI is InChI=1S/C25H27NO/c1-18(22-14-13-19-7-2-3-9-23(19)17-22)26-25(27)16-15-21-11-6-10-20-8-4-5-12-24(20)21/h4-6,8,10-14,17-18H,2-3,7,9,15-16H2,1H3,(H,26,27). The summed E-state index contributed by atoms with van der Waals surface area (Å²) in [6.45, 7) is 2.08. The minimum Gasteiger partial charge on any atom is -0.350 e. The molecule has 3 aromatic rings. The van der Waals surface area contributed by atoms with Crippen molar-refractivity contribution in [3.05, 3.63) is 82.9 Å². The highest BCUT2D eigenvalue weighted by atomic mass is 16.1. The van der Waals surface area contributed by atoms with Gasteiger partial charge in [0.15, 0.2) is 0 Å². The Balaban J connectivity index is 1.39. The minimum atomic E-state index is 0.0530. The summed E-state index contributed by atoms with van der Waals surface area (Å²) >= 11 is 0. The van der Waals surface area contributed by atoms with Crippen molar-refractivity contribution in [2.45, 2.75) is 51.5 Å². The van der Waals surface area contributed by atoms with Crippen molar-refractivity contribution >= 4 is 16.7 Å². The molecule has 2 heteroatoms. The third-order valence-corrected chi connectivity index (χ3v) is 5.75. The second-order valence-electron chi connectivity index (χ2n) is 7.66. The molecule has 1 atom stereocenters. The SMILES string of the molecule is CC(NC(=O)CCc1cccc2ccccc12)c1ccc2c(c1)CCCC2. The van der Waals surface area contributed by atoms with E-state index in [9.17, 15) is 4.79 Å². The van der Waals surface area contributed by atoms with Gasteiger partial charge < -0.3 is 5.32 Å². The molecule has 3 aromatic carbocycles. The molecule has 1 amide bonds. The van der Waals surface area contributed by atoms with E-state index in [0.717, 1.165) is 6.42 Å². The van der Waals surface area contributed by atoms with Crippen LogP contribution in [0.25, 0.3) is 10.8 Å². The number of hydrogen-bond donors (Lipinski definition) is 1. The minimum absolute atomic E-state index is 0.0530. The summed E-state index contributed by atoms with van der Waals surface area (Å²) in [6.07, 6.45) is 6.23. The molecule has 0 bridgehead atoms. The number of carbonyl (C=O) groups is 1. The monoisotopic (exact) mass is 357 g/mol. The van der Waals surface area contributed by atoms with Crippen LogP contribution in [-0.4, -0.2) is 5.91 Å². The summed E-state index contributed by atoms with van der Waals surface area (Å²) in [6, 6.07) is 21.5. The second-order valence-corrected chi connectivity index (χ2v) is 7.66. The number of carbonyl (C=O) groups excluding carboxylic acids is 1. The Kier molecular flexibility index (Phi) is 5.24. The number of nitrogens with one attached hydrogen (secondary N) is 1. The van der Waals surface area contributed by atoms with Gasteiger partial charge in [-0.25, -0.2) is 0 Å². The number of amides is 1. The highest BCUT2D eigenvalue weighted by molar-refractivity contribution is 5.86. The van der Waals surface area contributed by atoms with Crippen LogP contribution in [-0.2, 0) is 24.1 Å². The van der Waals surface area contributed by atoms with E-state index in [0.29, 0.717) is 6.42 Å². The maximum Gasteiger partial charge on any atom is 0.220 e. The molecule has 0 radical (unpaired) electrons. The van der Waals surface area contributed by atoms with Crippen molar-refractivity contribution < 1.29 is 4.79 Å². The maximum atomic E-state index is 12.5. The van der Waals surface area contributed by atoms with Crippen molar-refractivity contribution in [1.29, 1.82) is 0 Å². The molecule has 0 aromatic heterocycles. The molecule has 0 saturated heterocycles. The lowest BCUT2D eigenvalue weighted by Gasteiger charge is -2.20. The highest BCUT2D eigenvalue weighted by Crippen LogP contribution is 2.25. The van der Waals surface area contributed by atoms with Gasteiger partial charge >= 0.3 is 0 Å². The van der Waals surface area contributed by atoms with Crippen LogP contribution in [0.1, 0.15) is 54.5 Å². The zero-order valence-corrected chi connectivity index (χ0v) is 16.0. The van der Waals surface area contributed by atoms with E-state index in [1.54, 1.807) is 0 Å². The fourth-order valence-electron chi connectivity index (χ4n) is 4.18. The number of rotatable bonds is 5. The summed E-state index contributed by atoms with van der Waals surface area (Å²) in [5.41, 5.74) is 5.41. The van der Waals surface area contributed by atoms with Crippen molar-refractivity contribution in [2.24, 2.45) is 0 Å². The molecule has 138 valence electrons. The Hall–Kier alpha value is -2.61. The molecular weight excluding hydrogens is 330 g/mol. The van der Waals surface area contributed by atoms with Crippen molar-refractivity contribution in [1.82, 2.24) is 5.32 Å². The quantitative estimate of drug-likeness (QED) is 0.639. The van der Waals surface area contributed by atoms with E-state index in [2.05, 4.69) is 72.9 Å². The van der Waals surface area contributed by atoms with Crippen molar-refractivity contribution in [3.8, 4) is 0 Å². The van der Waals surface area contributed by atoms with Crippen LogP contribution in [0, 0.1) is 0 Å². The van der Waals surface area contributed by atoms with Crippen LogP contribution in [0.3, 0.4) is 0 Å². The number of fused-ring (bicyclic) bond motifs is 2. The van der Waals surface area contributed by atoms with Crippen LogP contribution in [0.2, 0.25) is 0 Å². The van der Waals surface area contributed by atoms with E-state index >= 15 is 0 Å². The van der Waals surface area contributed by atoms with Gasteiger partial charge in [-0.15, -0.1) is 0 Å². The van der Waals surface area contributed by atoms with E-state index < -0.39 is 0 Å². The Morgan fingerprint density at radius 1 is 0.963 bits per heavy atom. The lowest BCUT2D eigenvalue weighted by molar-refractivity contribution is -0.121. The van der Waals surface area contributed by atoms with E-state index in [-0.39, 0.29) is 11.9 Å². The predicted octanol–water partition coefficient (Wildman–Crippen LogP) is 5.53. The fourth-order valence-corrected chi connectivity index (χ4v) is 4.18. The van der Waals surface area contributed by atoms with Crippen LogP contribution in [0.4, 0.5) is 0 Å². The fraction of sp³-hybridized carbons (Fsp3) is 0.320. The van der Waals surface area contributed by atoms with E-state index in [4.69, 9.17) is 0 Å². The summed E-state index contributed by atoms with van der Waals surface area (Å²) in [5, 5.41) is 5.66. The number of benzene rings is 3. The first-order valence-electron chi connectivity index (χ1n) is 10.1. The van der Waals surface area contributed by atoms with Gasteiger partial charge in [0.05, 0.1) is 6.04 Å². The molecule has 1 unspecified atom stereocenters. The Labute approximate surface area is 161 Å². The molecule has 0 fully saturated rings. The van der Waals surface area contributed by atoms with Gasteiger partial charge in [-0.3, -0.25) is 4.79 Å². The smallest absolute Gasteiger partial charge is 0.220 e. The summed E-state index contributed by atoms with van der Waals surface area (Å²) in [4.78, 5) is 12.5. The summed E-state index contributed by atoms with van der Waals surface area (Å²) in [7, 11) is 0. The average molecular weight is 357 g/mol. The van der Waals surface area contributed by atoms with Crippen LogP contribution < -0.4 is 5.32 Å². The van der Waals surface area contributed by atoms with E-state index in [1.165, 1.54) is 58.7 Å². The first-order valence-corrected chi connectivity index (χ1v) is 10.1.